The number of morpholine rings is 1. The summed E-state index contributed by atoms with van der Waals surface area (Å²) in [4.78, 5) is 25.7. The lowest BCUT2D eigenvalue weighted by molar-refractivity contribution is -0.133. The zero-order chi connectivity index (χ0) is 18.7. The minimum Gasteiger partial charge on any atom is -0.456 e. The molecular formula is C18H16BrFN2O4. The van der Waals surface area contributed by atoms with Crippen LogP contribution in [0.3, 0.4) is 0 Å². The molecule has 1 heterocycles. The second kappa shape index (κ2) is 7.84. The van der Waals surface area contributed by atoms with Gasteiger partial charge in [0.2, 0.25) is 5.91 Å². The zero-order valence-electron chi connectivity index (χ0n) is 13.7. The predicted octanol–water partition coefficient (Wildman–Crippen LogP) is 2.71. The van der Waals surface area contributed by atoms with Crippen molar-refractivity contribution in [3.8, 4) is 11.5 Å². The van der Waals surface area contributed by atoms with Crippen molar-refractivity contribution in [3.05, 3.63) is 58.3 Å². The molecule has 1 atom stereocenters. The highest BCUT2D eigenvalue weighted by atomic mass is 79.9. The fraction of sp³-hybridized carbons (Fsp3) is 0.222. The molecular weight excluding hydrogens is 407 g/mol. The van der Waals surface area contributed by atoms with Crippen molar-refractivity contribution in [2.24, 2.45) is 5.73 Å². The summed E-state index contributed by atoms with van der Waals surface area (Å²) in [6.07, 6.45) is -0.829. The Kier molecular flexibility index (Phi) is 5.53. The molecule has 0 saturated carbocycles. The van der Waals surface area contributed by atoms with Gasteiger partial charge in [-0.05, 0) is 42.5 Å². The van der Waals surface area contributed by atoms with Gasteiger partial charge in [0.15, 0.2) is 6.10 Å². The molecule has 2 N–H and O–H groups in total. The van der Waals surface area contributed by atoms with Crippen molar-refractivity contribution in [2.45, 2.75) is 6.10 Å². The number of rotatable bonds is 4. The molecule has 8 heteroatoms. The fourth-order valence-corrected chi connectivity index (χ4v) is 2.90. The summed E-state index contributed by atoms with van der Waals surface area (Å²) in [6, 6.07) is 10.5. The summed E-state index contributed by atoms with van der Waals surface area (Å²) in [5, 5.41) is 0. The maximum atomic E-state index is 13.1. The maximum Gasteiger partial charge on any atom is 0.257 e. The summed E-state index contributed by atoms with van der Waals surface area (Å²) in [5.41, 5.74) is 5.59. The van der Waals surface area contributed by atoms with Crippen molar-refractivity contribution < 1.29 is 23.5 Å². The Morgan fingerprint density at radius 1 is 1.23 bits per heavy atom. The van der Waals surface area contributed by atoms with E-state index in [-0.39, 0.29) is 24.9 Å². The van der Waals surface area contributed by atoms with E-state index in [1.165, 1.54) is 29.2 Å². The number of carbonyl (C=O) groups excluding carboxylic acids is 2. The molecule has 2 aromatic rings. The SMILES string of the molecule is NC(=O)[C@@H]1CN(C(=O)c2ccc(Br)cc2Oc2ccc(F)cc2)CCO1. The van der Waals surface area contributed by atoms with Crippen LogP contribution in [0.4, 0.5) is 4.39 Å². The minimum absolute atomic E-state index is 0.0836. The van der Waals surface area contributed by atoms with E-state index in [0.717, 1.165) is 4.47 Å². The van der Waals surface area contributed by atoms with Crippen LogP contribution in [0.1, 0.15) is 10.4 Å². The summed E-state index contributed by atoms with van der Waals surface area (Å²) < 4.78 is 24.8. The molecule has 136 valence electrons. The number of hydrogen-bond donors (Lipinski definition) is 1. The van der Waals surface area contributed by atoms with Crippen LogP contribution in [0.2, 0.25) is 0 Å². The van der Waals surface area contributed by atoms with Crippen LogP contribution < -0.4 is 10.5 Å². The molecule has 1 fully saturated rings. The quantitative estimate of drug-likeness (QED) is 0.820. The van der Waals surface area contributed by atoms with E-state index >= 15 is 0 Å². The van der Waals surface area contributed by atoms with Crippen molar-refractivity contribution in [1.29, 1.82) is 0 Å². The number of carbonyl (C=O) groups is 2. The highest BCUT2D eigenvalue weighted by Crippen LogP contribution is 2.30. The third kappa shape index (κ3) is 4.20. The van der Waals surface area contributed by atoms with Gasteiger partial charge in [0.1, 0.15) is 17.3 Å². The number of amides is 2. The van der Waals surface area contributed by atoms with Gasteiger partial charge in [0, 0.05) is 11.0 Å². The lowest BCUT2D eigenvalue weighted by Crippen LogP contribution is -2.50. The van der Waals surface area contributed by atoms with Crippen molar-refractivity contribution in [3.63, 3.8) is 0 Å². The first-order chi connectivity index (χ1) is 12.4. The second-order valence-corrected chi connectivity index (χ2v) is 6.63. The average molecular weight is 423 g/mol. The topological polar surface area (TPSA) is 81.9 Å². The van der Waals surface area contributed by atoms with Gasteiger partial charge in [-0.3, -0.25) is 9.59 Å². The van der Waals surface area contributed by atoms with Gasteiger partial charge in [-0.1, -0.05) is 15.9 Å². The number of hydrogen-bond acceptors (Lipinski definition) is 4. The van der Waals surface area contributed by atoms with E-state index in [4.69, 9.17) is 15.2 Å². The number of primary amides is 1. The van der Waals surface area contributed by atoms with Gasteiger partial charge in [-0.15, -0.1) is 0 Å². The highest BCUT2D eigenvalue weighted by Gasteiger charge is 2.29. The van der Waals surface area contributed by atoms with Gasteiger partial charge >= 0.3 is 0 Å². The molecule has 3 rings (SSSR count). The molecule has 1 aliphatic rings. The van der Waals surface area contributed by atoms with Crippen molar-refractivity contribution in [2.75, 3.05) is 19.7 Å². The predicted molar refractivity (Wildman–Crippen MR) is 95.5 cm³/mol. The Balaban J connectivity index is 1.85. The smallest absolute Gasteiger partial charge is 0.257 e. The Morgan fingerprint density at radius 2 is 1.96 bits per heavy atom. The molecule has 1 saturated heterocycles. The lowest BCUT2D eigenvalue weighted by atomic mass is 10.1. The van der Waals surface area contributed by atoms with Gasteiger partial charge < -0.3 is 20.1 Å². The van der Waals surface area contributed by atoms with E-state index in [1.807, 2.05) is 0 Å². The van der Waals surface area contributed by atoms with E-state index in [0.29, 0.717) is 23.6 Å². The Bertz CT molecular complexity index is 828. The molecule has 0 unspecified atom stereocenters. The molecule has 0 bridgehead atoms. The van der Waals surface area contributed by atoms with Crippen LogP contribution in [0.25, 0.3) is 0 Å². The summed E-state index contributed by atoms with van der Waals surface area (Å²) in [6.45, 7) is 0.652. The lowest BCUT2D eigenvalue weighted by Gasteiger charge is -2.31. The Hall–Kier alpha value is -2.45. The van der Waals surface area contributed by atoms with E-state index in [9.17, 15) is 14.0 Å². The van der Waals surface area contributed by atoms with Crippen LogP contribution in [-0.4, -0.2) is 42.5 Å². The first kappa shape index (κ1) is 18.3. The first-order valence-electron chi connectivity index (χ1n) is 7.87. The maximum absolute atomic E-state index is 13.1. The van der Waals surface area contributed by atoms with Crippen LogP contribution in [0.15, 0.2) is 46.9 Å². The van der Waals surface area contributed by atoms with Crippen LogP contribution in [0.5, 0.6) is 11.5 Å². The molecule has 0 radical (unpaired) electrons. The number of nitrogens with two attached hydrogens (primary N) is 1. The molecule has 6 nitrogen and oxygen atoms in total. The molecule has 2 aromatic carbocycles. The van der Waals surface area contributed by atoms with Crippen LogP contribution in [-0.2, 0) is 9.53 Å². The largest absolute Gasteiger partial charge is 0.456 e. The minimum atomic E-state index is -0.829. The fourth-order valence-electron chi connectivity index (χ4n) is 2.56. The van der Waals surface area contributed by atoms with E-state index in [1.54, 1.807) is 18.2 Å². The number of halogens is 2. The van der Waals surface area contributed by atoms with E-state index in [2.05, 4.69) is 15.9 Å². The third-order valence-corrected chi connectivity index (χ3v) is 4.38. The highest BCUT2D eigenvalue weighted by molar-refractivity contribution is 9.10. The summed E-state index contributed by atoms with van der Waals surface area (Å²) >= 11 is 3.35. The van der Waals surface area contributed by atoms with Crippen molar-refractivity contribution >= 4 is 27.7 Å². The molecule has 0 spiro atoms. The van der Waals surface area contributed by atoms with E-state index < -0.39 is 12.0 Å². The molecule has 0 aromatic heterocycles. The Labute approximate surface area is 157 Å². The third-order valence-electron chi connectivity index (χ3n) is 3.89. The average Bonchev–Trinajstić information content (AvgIpc) is 2.63. The second-order valence-electron chi connectivity index (χ2n) is 5.71. The van der Waals surface area contributed by atoms with Gasteiger partial charge in [0.25, 0.3) is 5.91 Å². The molecule has 0 aliphatic carbocycles. The molecule has 1 aliphatic heterocycles. The zero-order valence-corrected chi connectivity index (χ0v) is 15.2. The number of ether oxygens (including phenoxy) is 2. The van der Waals surface area contributed by atoms with Crippen LogP contribution >= 0.6 is 15.9 Å². The Morgan fingerprint density at radius 3 is 2.65 bits per heavy atom. The normalized spacial score (nSPS) is 17.0. The summed E-state index contributed by atoms with van der Waals surface area (Å²) in [7, 11) is 0. The molecule has 2 amide bonds. The number of benzene rings is 2. The standard InChI is InChI=1S/C18H16BrFN2O4/c19-11-1-6-14(15(9-11)26-13-4-2-12(20)3-5-13)18(24)22-7-8-25-16(10-22)17(21)23/h1-6,9,16H,7-8,10H2,(H2,21,23)/t16-/m0/s1. The van der Waals surface area contributed by atoms with Crippen molar-refractivity contribution in [1.82, 2.24) is 4.90 Å². The monoisotopic (exact) mass is 422 g/mol. The van der Waals surface area contributed by atoms with Gasteiger partial charge in [-0.2, -0.15) is 0 Å². The van der Waals surface area contributed by atoms with Gasteiger partial charge in [-0.25, -0.2) is 4.39 Å². The van der Waals surface area contributed by atoms with Crippen LogP contribution in [0, 0.1) is 5.82 Å². The van der Waals surface area contributed by atoms with Gasteiger partial charge in [0.05, 0.1) is 18.7 Å². The first-order valence-corrected chi connectivity index (χ1v) is 8.66. The number of nitrogens with zero attached hydrogens (tertiary/aromatic N) is 1. The molecule has 26 heavy (non-hydrogen) atoms. The summed E-state index contributed by atoms with van der Waals surface area (Å²) in [5.74, 6) is -0.576.